The molecule has 1 amide bonds. The van der Waals surface area contributed by atoms with Crippen molar-refractivity contribution in [1.29, 1.82) is 0 Å². The third kappa shape index (κ3) is 4.90. The Kier molecular flexibility index (Phi) is 6.50. The van der Waals surface area contributed by atoms with E-state index in [1.165, 1.54) is 0 Å². The molecule has 0 aliphatic rings. The number of halogens is 1. The molecule has 0 aliphatic heterocycles. The summed E-state index contributed by atoms with van der Waals surface area (Å²) in [7, 11) is 0. The van der Waals surface area contributed by atoms with Gasteiger partial charge in [0.15, 0.2) is 6.61 Å². The monoisotopic (exact) mass is 346 g/mol. The quantitative estimate of drug-likeness (QED) is 0.801. The van der Waals surface area contributed by atoms with Gasteiger partial charge in [0.2, 0.25) is 0 Å². The van der Waals surface area contributed by atoms with Gasteiger partial charge in [-0.2, -0.15) is 0 Å². The first-order chi connectivity index (χ1) is 11.5. The number of hydrogen-bond acceptors (Lipinski definition) is 3. The number of nitrogens with one attached hydrogen (secondary N) is 1. The Morgan fingerprint density at radius 3 is 2.54 bits per heavy atom. The Morgan fingerprint density at radius 1 is 1.17 bits per heavy atom. The van der Waals surface area contributed by atoms with Crippen molar-refractivity contribution in [3.05, 3.63) is 53.1 Å². The minimum Gasteiger partial charge on any atom is -0.484 e. The van der Waals surface area contributed by atoms with Crippen LogP contribution in [0.3, 0.4) is 0 Å². The number of hydrogen-bond donors (Lipinski definition) is 1. The van der Waals surface area contributed by atoms with Gasteiger partial charge in [0.05, 0.1) is 0 Å². The Bertz CT molecular complexity index is 700. The molecule has 24 heavy (non-hydrogen) atoms. The summed E-state index contributed by atoms with van der Waals surface area (Å²) >= 11 is 5.89. The molecule has 5 heteroatoms. The van der Waals surface area contributed by atoms with Gasteiger partial charge in [-0.05, 0) is 62.7 Å². The number of carbonyl (C=O) groups excluding carboxylic acids is 1. The first-order valence-electron chi connectivity index (χ1n) is 8.07. The van der Waals surface area contributed by atoms with Crippen molar-refractivity contribution >= 4 is 28.9 Å². The first kappa shape index (κ1) is 18.1. The molecule has 0 heterocycles. The third-order valence-electron chi connectivity index (χ3n) is 3.78. The van der Waals surface area contributed by atoms with Crippen LogP contribution in [0.2, 0.25) is 5.02 Å². The molecule has 0 saturated heterocycles. The second-order valence-corrected chi connectivity index (χ2v) is 5.90. The fourth-order valence-electron chi connectivity index (χ4n) is 2.47. The van der Waals surface area contributed by atoms with Crippen LogP contribution in [-0.4, -0.2) is 25.6 Å². The van der Waals surface area contributed by atoms with E-state index in [0.717, 1.165) is 30.0 Å². The van der Waals surface area contributed by atoms with Gasteiger partial charge < -0.3 is 15.0 Å². The topological polar surface area (TPSA) is 41.6 Å². The van der Waals surface area contributed by atoms with Crippen molar-refractivity contribution in [2.45, 2.75) is 20.8 Å². The summed E-state index contributed by atoms with van der Waals surface area (Å²) in [6.07, 6.45) is 0. The fraction of sp³-hybridized carbons (Fsp3) is 0.316. The van der Waals surface area contributed by atoms with E-state index in [-0.39, 0.29) is 12.5 Å². The van der Waals surface area contributed by atoms with Crippen molar-refractivity contribution in [2.24, 2.45) is 0 Å². The van der Waals surface area contributed by atoms with Gasteiger partial charge in [-0.1, -0.05) is 17.7 Å². The predicted molar refractivity (Wildman–Crippen MR) is 100 cm³/mol. The van der Waals surface area contributed by atoms with Crippen LogP contribution in [0.5, 0.6) is 5.75 Å². The highest BCUT2D eigenvalue weighted by atomic mass is 35.5. The predicted octanol–water partition coefficient (Wildman–Crippen LogP) is 4.51. The van der Waals surface area contributed by atoms with Gasteiger partial charge in [-0.3, -0.25) is 4.79 Å². The van der Waals surface area contributed by atoms with Crippen LogP contribution in [0.4, 0.5) is 11.4 Å². The lowest BCUT2D eigenvalue weighted by Crippen LogP contribution is -2.23. The molecule has 1 N–H and O–H groups in total. The fourth-order valence-corrected chi connectivity index (χ4v) is 2.65. The molecule has 2 aromatic rings. The van der Waals surface area contributed by atoms with Gasteiger partial charge in [0, 0.05) is 29.5 Å². The van der Waals surface area contributed by atoms with Gasteiger partial charge in [-0.25, -0.2) is 0 Å². The molecule has 0 aliphatic carbocycles. The lowest BCUT2D eigenvalue weighted by Gasteiger charge is -2.22. The second-order valence-electron chi connectivity index (χ2n) is 5.47. The molecule has 0 unspecified atom stereocenters. The summed E-state index contributed by atoms with van der Waals surface area (Å²) in [6, 6.07) is 13.0. The summed E-state index contributed by atoms with van der Waals surface area (Å²) in [5.74, 6) is 0.375. The molecule has 0 atom stereocenters. The summed E-state index contributed by atoms with van der Waals surface area (Å²) in [4.78, 5) is 14.3. The molecule has 2 aromatic carbocycles. The molecule has 128 valence electrons. The van der Waals surface area contributed by atoms with Crippen LogP contribution in [-0.2, 0) is 4.79 Å². The lowest BCUT2D eigenvalue weighted by atomic mass is 10.1. The third-order valence-corrected chi connectivity index (χ3v) is 4.01. The number of ether oxygens (including phenoxy) is 1. The molecule has 4 nitrogen and oxygen atoms in total. The van der Waals surface area contributed by atoms with Crippen molar-refractivity contribution in [2.75, 3.05) is 29.9 Å². The number of amides is 1. The molecule has 0 bridgehead atoms. The highest BCUT2D eigenvalue weighted by Crippen LogP contribution is 2.23. The highest BCUT2D eigenvalue weighted by Gasteiger charge is 2.08. The number of benzene rings is 2. The molecular formula is C19H23ClN2O2. The van der Waals surface area contributed by atoms with Crippen LogP contribution in [0, 0.1) is 6.92 Å². The van der Waals surface area contributed by atoms with Crippen molar-refractivity contribution in [1.82, 2.24) is 0 Å². The van der Waals surface area contributed by atoms with Gasteiger partial charge in [0.1, 0.15) is 5.75 Å². The number of carbonyl (C=O) groups is 1. The van der Waals surface area contributed by atoms with Crippen molar-refractivity contribution in [3.8, 4) is 5.75 Å². The molecule has 0 spiro atoms. The van der Waals surface area contributed by atoms with E-state index in [2.05, 4.69) is 30.1 Å². The first-order valence-corrected chi connectivity index (χ1v) is 8.45. The van der Waals surface area contributed by atoms with E-state index < -0.39 is 0 Å². The van der Waals surface area contributed by atoms with Crippen molar-refractivity contribution < 1.29 is 9.53 Å². The zero-order chi connectivity index (χ0) is 17.5. The van der Waals surface area contributed by atoms with Gasteiger partial charge >= 0.3 is 0 Å². The maximum Gasteiger partial charge on any atom is 0.262 e. The van der Waals surface area contributed by atoms with Gasteiger partial charge in [0.25, 0.3) is 5.91 Å². The van der Waals surface area contributed by atoms with E-state index in [1.54, 1.807) is 24.3 Å². The molecular weight excluding hydrogens is 324 g/mol. The average molecular weight is 347 g/mol. The average Bonchev–Trinajstić information content (AvgIpc) is 2.56. The molecule has 2 rings (SSSR count). The number of rotatable bonds is 7. The van der Waals surface area contributed by atoms with Crippen LogP contribution in [0.25, 0.3) is 0 Å². The zero-order valence-corrected chi connectivity index (χ0v) is 15.1. The Morgan fingerprint density at radius 2 is 1.92 bits per heavy atom. The summed E-state index contributed by atoms with van der Waals surface area (Å²) in [5, 5.41) is 3.46. The number of nitrogens with zero attached hydrogens (tertiary/aromatic N) is 1. The highest BCUT2D eigenvalue weighted by molar-refractivity contribution is 6.30. The van der Waals surface area contributed by atoms with E-state index in [4.69, 9.17) is 16.3 Å². The summed E-state index contributed by atoms with van der Waals surface area (Å²) in [6.45, 7) is 8.09. The minimum atomic E-state index is -0.200. The maximum absolute atomic E-state index is 12.1. The lowest BCUT2D eigenvalue weighted by molar-refractivity contribution is -0.118. The SMILES string of the molecule is CCN(CC)c1ccc(NC(=O)COc2cccc(Cl)c2)c(C)c1. The van der Waals surface area contributed by atoms with E-state index in [0.29, 0.717) is 10.8 Å². The van der Waals surface area contributed by atoms with E-state index in [9.17, 15) is 4.79 Å². The van der Waals surface area contributed by atoms with Crippen LogP contribution in [0.15, 0.2) is 42.5 Å². The Hall–Kier alpha value is -2.20. The van der Waals surface area contributed by atoms with E-state index >= 15 is 0 Å². The summed E-state index contributed by atoms with van der Waals surface area (Å²) < 4.78 is 5.45. The minimum absolute atomic E-state index is 0.0580. The molecule has 0 fully saturated rings. The Labute approximate surface area is 148 Å². The molecule has 0 saturated carbocycles. The van der Waals surface area contributed by atoms with E-state index in [1.807, 2.05) is 19.1 Å². The smallest absolute Gasteiger partial charge is 0.262 e. The molecule has 0 aromatic heterocycles. The van der Waals surface area contributed by atoms with Gasteiger partial charge in [-0.15, -0.1) is 0 Å². The standard InChI is InChI=1S/C19H23ClN2O2/c1-4-22(5-2)16-9-10-18(14(3)11-16)21-19(23)13-24-17-8-6-7-15(20)12-17/h6-12H,4-5,13H2,1-3H3,(H,21,23). The maximum atomic E-state index is 12.1. The van der Waals surface area contributed by atoms with Crippen LogP contribution >= 0.6 is 11.6 Å². The number of anilines is 2. The zero-order valence-electron chi connectivity index (χ0n) is 14.3. The van der Waals surface area contributed by atoms with Crippen LogP contribution in [0.1, 0.15) is 19.4 Å². The second kappa shape index (κ2) is 8.60. The van der Waals surface area contributed by atoms with Crippen LogP contribution < -0.4 is 15.0 Å². The molecule has 0 radical (unpaired) electrons. The normalized spacial score (nSPS) is 10.3. The largest absolute Gasteiger partial charge is 0.484 e. The van der Waals surface area contributed by atoms with Crippen molar-refractivity contribution in [3.63, 3.8) is 0 Å². The summed E-state index contributed by atoms with van der Waals surface area (Å²) in [5.41, 5.74) is 2.98. The Balaban J connectivity index is 1.96. The number of aryl methyl sites for hydroxylation is 1.